The summed E-state index contributed by atoms with van der Waals surface area (Å²) in [4.78, 5) is 24.7. The van der Waals surface area contributed by atoms with Gasteiger partial charge >= 0.3 is 11.9 Å². The Balaban J connectivity index is 1.44. The molecule has 0 spiro atoms. The van der Waals surface area contributed by atoms with Crippen LogP contribution in [-0.4, -0.2) is 39.1 Å². The Labute approximate surface area is 187 Å². The van der Waals surface area contributed by atoms with Crippen molar-refractivity contribution in [2.75, 3.05) is 12.4 Å². The minimum Gasteiger partial charge on any atom is -0.461 e. The lowest BCUT2D eigenvalue weighted by Gasteiger charge is -2.07. The number of carbonyl (C=O) groups is 2. The van der Waals surface area contributed by atoms with Gasteiger partial charge in [-0.25, -0.2) is 4.79 Å². The third-order valence-electron chi connectivity index (χ3n) is 4.63. The lowest BCUT2D eigenvalue weighted by molar-refractivity contribution is -0.141. The average Bonchev–Trinajstić information content (AvgIpc) is 3.54. The fraction of sp³-hybridized carbons (Fsp3) is 0.273. The number of rotatable bonds is 9. The molecule has 0 unspecified atom stereocenters. The SMILES string of the molecule is CCOC(=O)c1oc2ccccc2c1COC(=O)CSc1nnc(-c2ccco2)n1CC. The van der Waals surface area contributed by atoms with Crippen LogP contribution in [0.4, 0.5) is 0 Å². The van der Waals surface area contributed by atoms with Gasteiger partial charge in [0.15, 0.2) is 16.7 Å². The number of benzene rings is 1. The molecule has 1 aromatic carbocycles. The molecule has 0 saturated heterocycles. The number of hydrogen-bond donors (Lipinski definition) is 0. The zero-order valence-electron chi connectivity index (χ0n) is 17.6. The van der Waals surface area contributed by atoms with Crippen LogP contribution in [0.3, 0.4) is 0 Å². The molecule has 0 atom stereocenters. The van der Waals surface area contributed by atoms with Gasteiger partial charge in [0, 0.05) is 11.9 Å². The first-order chi connectivity index (χ1) is 15.6. The second-order valence-electron chi connectivity index (χ2n) is 6.60. The van der Waals surface area contributed by atoms with Crippen LogP contribution in [0.2, 0.25) is 0 Å². The van der Waals surface area contributed by atoms with Crippen LogP contribution in [0, 0.1) is 0 Å². The largest absolute Gasteiger partial charge is 0.461 e. The van der Waals surface area contributed by atoms with Crippen molar-refractivity contribution in [2.45, 2.75) is 32.2 Å². The third-order valence-corrected chi connectivity index (χ3v) is 5.57. The van der Waals surface area contributed by atoms with Crippen LogP contribution in [0.15, 0.2) is 56.7 Å². The quantitative estimate of drug-likeness (QED) is 0.269. The molecule has 32 heavy (non-hydrogen) atoms. The van der Waals surface area contributed by atoms with Gasteiger partial charge in [0.05, 0.1) is 24.2 Å². The van der Waals surface area contributed by atoms with Gasteiger partial charge in [0.1, 0.15) is 12.2 Å². The molecule has 0 bridgehead atoms. The van der Waals surface area contributed by atoms with E-state index >= 15 is 0 Å². The third kappa shape index (κ3) is 4.40. The van der Waals surface area contributed by atoms with E-state index in [1.807, 2.05) is 17.6 Å². The fourth-order valence-electron chi connectivity index (χ4n) is 3.19. The molecule has 0 radical (unpaired) electrons. The highest BCUT2D eigenvalue weighted by atomic mass is 32.2. The number of hydrogen-bond acceptors (Lipinski definition) is 9. The molecule has 10 heteroatoms. The van der Waals surface area contributed by atoms with Crippen molar-refractivity contribution < 1.29 is 27.9 Å². The maximum atomic E-state index is 12.4. The summed E-state index contributed by atoms with van der Waals surface area (Å²) in [7, 11) is 0. The monoisotopic (exact) mass is 455 g/mol. The number of esters is 2. The predicted octanol–water partition coefficient (Wildman–Crippen LogP) is 4.32. The molecule has 0 fully saturated rings. The fourth-order valence-corrected chi connectivity index (χ4v) is 3.99. The highest BCUT2D eigenvalue weighted by molar-refractivity contribution is 7.99. The number of nitrogens with zero attached hydrogens (tertiary/aromatic N) is 3. The molecule has 3 aromatic heterocycles. The van der Waals surface area contributed by atoms with E-state index in [0.717, 1.165) is 0 Å². The first-order valence-corrected chi connectivity index (χ1v) is 11.0. The Hall–Kier alpha value is -3.53. The number of ether oxygens (including phenoxy) is 2. The Kier molecular flexibility index (Phi) is 6.60. The second kappa shape index (κ2) is 9.73. The number of aromatic nitrogens is 3. The summed E-state index contributed by atoms with van der Waals surface area (Å²) in [6.07, 6.45) is 1.57. The number of thioether (sulfide) groups is 1. The van der Waals surface area contributed by atoms with Crippen molar-refractivity contribution in [1.29, 1.82) is 0 Å². The van der Waals surface area contributed by atoms with Gasteiger partial charge in [-0.2, -0.15) is 0 Å². The number of carbonyl (C=O) groups excluding carboxylic acids is 2. The van der Waals surface area contributed by atoms with Crippen molar-refractivity contribution >= 4 is 34.7 Å². The Morgan fingerprint density at radius 3 is 2.69 bits per heavy atom. The maximum Gasteiger partial charge on any atom is 0.374 e. The minimum absolute atomic E-state index is 0.0286. The lowest BCUT2D eigenvalue weighted by Crippen LogP contribution is -2.11. The number of furan rings is 2. The summed E-state index contributed by atoms with van der Waals surface area (Å²) in [6.45, 7) is 4.39. The van der Waals surface area contributed by atoms with Gasteiger partial charge in [0.2, 0.25) is 5.76 Å². The summed E-state index contributed by atoms with van der Waals surface area (Å²) in [5, 5.41) is 9.59. The van der Waals surface area contributed by atoms with E-state index < -0.39 is 11.9 Å². The molecule has 3 heterocycles. The van der Waals surface area contributed by atoms with E-state index in [1.165, 1.54) is 11.8 Å². The highest BCUT2D eigenvalue weighted by Gasteiger charge is 2.23. The molecular weight excluding hydrogens is 434 g/mol. The number of para-hydroxylation sites is 1. The topological polar surface area (TPSA) is 110 Å². The molecule has 0 amide bonds. The molecule has 0 saturated carbocycles. The van der Waals surface area contributed by atoms with Crippen LogP contribution in [0.1, 0.15) is 30.0 Å². The smallest absolute Gasteiger partial charge is 0.374 e. The van der Waals surface area contributed by atoms with Gasteiger partial charge in [-0.3, -0.25) is 9.36 Å². The van der Waals surface area contributed by atoms with Crippen LogP contribution in [0.5, 0.6) is 0 Å². The Bertz CT molecular complexity index is 1230. The van der Waals surface area contributed by atoms with E-state index in [9.17, 15) is 9.59 Å². The summed E-state index contributed by atoms with van der Waals surface area (Å²) < 4.78 is 23.4. The molecule has 166 valence electrons. The zero-order valence-corrected chi connectivity index (χ0v) is 18.4. The second-order valence-corrected chi connectivity index (χ2v) is 7.55. The van der Waals surface area contributed by atoms with Crippen molar-refractivity contribution in [1.82, 2.24) is 14.8 Å². The van der Waals surface area contributed by atoms with E-state index in [0.29, 0.717) is 39.8 Å². The van der Waals surface area contributed by atoms with E-state index in [4.69, 9.17) is 18.3 Å². The van der Waals surface area contributed by atoms with Crippen LogP contribution in [-0.2, 0) is 27.4 Å². The first kappa shape index (κ1) is 21.7. The minimum atomic E-state index is -0.592. The lowest BCUT2D eigenvalue weighted by atomic mass is 10.1. The molecule has 4 aromatic rings. The number of fused-ring (bicyclic) bond motifs is 1. The molecule has 9 nitrogen and oxygen atoms in total. The van der Waals surface area contributed by atoms with E-state index in [1.54, 1.807) is 43.5 Å². The molecule has 0 aliphatic carbocycles. The van der Waals surface area contributed by atoms with Crippen molar-refractivity contribution in [3.8, 4) is 11.6 Å². The van der Waals surface area contributed by atoms with Gasteiger partial charge in [-0.05, 0) is 32.0 Å². The molecular formula is C22H21N3O6S. The first-order valence-electron chi connectivity index (χ1n) is 10.0. The van der Waals surface area contributed by atoms with Crippen molar-refractivity contribution in [3.63, 3.8) is 0 Å². The van der Waals surface area contributed by atoms with Gasteiger partial charge in [0.25, 0.3) is 0 Å². The average molecular weight is 455 g/mol. The van der Waals surface area contributed by atoms with Gasteiger partial charge < -0.3 is 18.3 Å². The predicted molar refractivity (Wildman–Crippen MR) is 116 cm³/mol. The van der Waals surface area contributed by atoms with E-state index in [-0.39, 0.29) is 24.7 Å². The van der Waals surface area contributed by atoms with E-state index in [2.05, 4.69) is 10.2 Å². The van der Waals surface area contributed by atoms with Crippen LogP contribution >= 0.6 is 11.8 Å². The highest BCUT2D eigenvalue weighted by Crippen LogP contribution is 2.28. The Morgan fingerprint density at radius 2 is 1.94 bits per heavy atom. The molecule has 0 aliphatic heterocycles. The van der Waals surface area contributed by atoms with Crippen molar-refractivity contribution in [3.05, 3.63) is 54.0 Å². The normalized spacial score (nSPS) is 11.1. The maximum absolute atomic E-state index is 12.4. The van der Waals surface area contributed by atoms with Crippen molar-refractivity contribution in [2.24, 2.45) is 0 Å². The summed E-state index contributed by atoms with van der Waals surface area (Å²) in [5.74, 6) is 0.221. The summed E-state index contributed by atoms with van der Waals surface area (Å²) in [5.41, 5.74) is 1.01. The van der Waals surface area contributed by atoms with Gasteiger partial charge in [-0.15, -0.1) is 10.2 Å². The zero-order chi connectivity index (χ0) is 22.5. The molecule has 0 N–H and O–H groups in total. The molecule has 4 rings (SSSR count). The van der Waals surface area contributed by atoms with Crippen LogP contribution < -0.4 is 0 Å². The van der Waals surface area contributed by atoms with Gasteiger partial charge in [-0.1, -0.05) is 30.0 Å². The standard InChI is InChI=1S/C22H21N3O6S/c1-3-25-20(17-10-7-11-29-17)23-24-22(25)32-13-18(26)30-12-15-14-8-5-6-9-16(14)31-19(15)21(27)28-4-2/h5-11H,3-4,12-13H2,1-2H3. The summed E-state index contributed by atoms with van der Waals surface area (Å²) >= 11 is 1.22. The van der Waals surface area contributed by atoms with Crippen LogP contribution in [0.25, 0.3) is 22.6 Å². The Morgan fingerprint density at radius 1 is 1.09 bits per heavy atom. The summed E-state index contributed by atoms with van der Waals surface area (Å²) in [6, 6.07) is 10.7. The molecule has 0 aliphatic rings.